The minimum Gasteiger partial charge on any atom is -0.367 e. The van der Waals surface area contributed by atoms with Crippen molar-refractivity contribution in [1.29, 1.82) is 0 Å². The van der Waals surface area contributed by atoms with Gasteiger partial charge in [0.15, 0.2) is 0 Å². The van der Waals surface area contributed by atoms with E-state index in [2.05, 4.69) is 15.1 Å². The van der Waals surface area contributed by atoms with E-state index in [1.165, 1.54) is 0 Å². The summed E-state index contributed by atoms with van der Waals surface area (Å²) < 4.78 is 5.09. The van der Waals surface area contributed by atoms with Gasteiger partial charge in [-0.1, -0.05) is 5.16 Å². The Kier molecular flexibility index (Phi) is 2.49. The van der Waals surface area contributed by atoms with Crippen LogP contribution in [0.1, 0.15) is 0 Å². The van der Waals surface area contributed by atoms with Crippen molar-refractivity contribution in [1.82, 2.24) is 15.1 Å². The molecule has 0 aliphatic carbocycles. The molecular weight excluding hydrogens is 228 g/mol. The number of anilines is 1. The smallest absolute Gasteiger partial charge is 0.230 e. The Labute approximate surface area is 103 Å². The maximum absolute atomic E-state index is 5.85. The fourth-order valence-corrected chi connectivity index (χ4v) is 1.81. The Morgan fingerprint density at radius 3 is 2.00 bits per heavy atom. The van der Waals surface area contributed by atoms with Gasteiger partial charge in [-0.15, -0.1) is 0 Å². The van der Waals surface area contributed by atoms with Crippen molar-refractivity contribution in [3.63, 3.8) is 0 Å². The first-order valence-electron chi connectivity index (χ1n) is 5.42. The molecule has 5 nitrogen and oxygen atoms in total. The molecule has 0 spiro atoms. The maximum Gasteiger partial charge on any atom is 0.230 e. The van der Waals surface area contributed by atoms with E-state index in [1.54, 1.807) is 24.8 Å². The van der Waals surface area contributed by atoms with E-state index in [0.717, 1.165) is 16.7 Å². The molecule has 3 heterocycles. The minimum absolute atomic E-state index is 0.299. The molecule has 0 saturated carbocycles. The largest absolute Gasteiger partial charge is 0.367 e. The highest BCUT2D eigenvalue weighted by Gasteiger charge is 2.16. The van der Waals surface area contributed by atoms with E-state index in [1.807, 2.05) is 24.3 Å². The van der Waals surface area contributed by atoms with Crippen LogP contribution < -0.4 is 5.73 Å². The van der Waals surface area contributed by atoms with E-state index in [4.69, 9.17) is 10.3 Å². The van der Waals surface area contributed by atoms with E-state index >= 15 is 0 Å². The second-order valence-electron chi connectivity index (χ2n) is 3.74. The third-order valence-electron chi connectivity index (χ3n) is 2.64. The molecular formula is C13H10N4O. The molecule has 3 rings (SSSR count). The lowest BCUT2D eigenvalue weighted by atomic mass is 10.0. The zero-order chi connectivity index (χ0) is 12.4. The van der Waals surface area contributed by atoms with Gasteiger partial charge >= 0.3 is 0 Å². The van der Waals surface area contributed by atoms with Crippen LogP contribution in [0.2, 0.25) is 0 Å². The summed E-state index contributed by atoms with van der Waals surface area (Å²) in [5.41, 5.74) is 9.18. The fraction of sp³-hybridized carbons (Fsp3) is 0. The average molecular weight is 238 g/mol. The van der Waals surface area contributed by atoms with Crippen LogP contribution in [0.5, 0.6) is 0 Å². The quantitative estimate of drug-likeness (QED) is 0.741. The Hall–Kier alpha value is -2.69. The number of hydrogen-bond acceptors (Lipinski definition) is 5. The molecule has 2 N–H and O–H groups in total. The molecule has 88 valence electrons. The molecule has 18 heavy (non-hydrogen) atoms. The lowest BCUT2D eigenvalue weighted by Gasteiger charge is -2.01. The molecule has 0 aromatic carbocycles. The van der Waals surface area contributed by atoms with Gasteiger partial charge in [0.05, 0.1) is 5.56 Å². The summed E-state index contributed by atoms with van der Waals surface area (Å²) in [6, 6.07) is 7.46. The number of nitrogens with two attached hydrogens (primary N) is 1. The number of hydrogen-bond donors (Lipinski definition) is 1. The van der Waals surface area contributed by atoms with Crippen LogP contribution in [0.3, 0.4) is 0 Å². The summed E-state index contributed by atoms with van der Waals surface area (Å²) in [5, 5.41) is 4.01. The normalized spacial score (nSPS) is 10.4. The van der Waals surface area contributed by atoms with Gasteiger partial charge in [0.25, 0.3) is 0 Å². The van der Waals surface area contributed by atoms with Crippen LogP contribution in [-0.4, -0.2) is 15.1 Å². The number of pyridine rings is 2. The second-order valence-corrected chi connectivity index (χ2v) is 3.74. The van der Waals surface area contributed by atoms with Crippen LogP contribution in [0.4, 0.5) is 5.88 Å². The summed E-state index contributed by atoms with van der Waals surface area (Å²) in [4.78, 5) is 7.97. The minimum atomic E-state index is 0.299. The maximum atomic E-state index is 5.85. The highest BCUT2D eigenvalue weighted by molar-refractivity contribution is 5.86. The van der Waals surface area contributed by atoms with Gasteiger partial charge in [-0.25, -0.2) is 0 Å². The van der Waals surface area contributed by atoms with Crippen molar-refractivity contribution in [2.75, 3.05) is 5.73 Å². The summed E-state index contributed by atoms with van der Waals surface area (Å²) in [7, 11) is 0. The average Bonchev–Trinajstić information content (AvgIpc) is 2.83. The van der Waals surface area contributed by atoms with Crippen LogP contribution in [-0.2, 0) is 0 Å². The van der Waals surface area contributed by atoms with Crippen LogP contribution >= 0.6 is 0 Å². The van der Waals surface area contributed by atoms with Crippen LogP contribution in [0, 0.1) is 0 Å². The molecule has 0 saturated heterocycles. The molecule has 3 aromatic rings. The molecule has 0 unspecified atom stereocenters. The Balaban J connectivity index is 2.19. The van der Waals surface area contributed by atoms with Gasteiger partial charge in [-0.3, -0.25) is 9.97 Å². The standard InChI is InChI=1S/C13H10N4O/c14-13-11(9-1-5-15-6-2-9)12(17-18-13)10-3-7-16-8-4-10/h1-8H,14H2. The molecule has 0 fully saturated rings. The van der Waals surface area contributed by atoms with E-state index in [9.17, 15) is 0 Å². The molecule has 0 radical (unpaired) electrons. The first-order valence-corrected chi connectivity index (χ1v) is 5.42. The zero-order valence-corrected chi connectivity index (χ0v) is 9.45. The van der Waals surface area contributed by atoms with Crippen molar-refractivity contribution in [2.45, 2.75) is 0 Å². The van der Waals surface area contributed by atoms with Gasteiger partial charge in [0, 0.05) is 30.4 Å². The van der Waals surface area contributed by atoms with Crippen molar-refractivity contribution in [2.24, 2.45) is 0 Å². The summed E-state index contributed by atoms with van der Waals surface area (Å²) in [6.07, 6.45) is 6.82. The molecule has 0 bridgehead atoms. The lowest BCUT2D eigenvalue weighted by molar-refractivity contribution is 0.439. The molecule has 0 aliphatic heterocycles. The highest BCUT2D eigenvalue weighted by Crippen LogP contribution is 2.35. The third kappa shape index (κ3) is 1.71. The zero-order valence-electron chi connectivity index (χ0n) is 9.45. The van der Waals surface area contributed by atoms with Crippen LogP contribution in [0.15, 0.2) is 53.6 Å². The lowest BCUT2D eigenvalue weighted by Crippen LogP contribution is -1.88. The molecule has 0 atom stereocenters. The van der Waals surface area contributed by atoms with E-state index in [-0.39, 0.29) is 0 Å². The summed E-state index contributed by atoms with van der Waals surface area (Å²) in [6.45, 7) is 0. The number of rotatable bonds is 2. The predicted molar refractivity (Wildman–Crippen MR) is 67.4 cm³/mol. The fourth-order valence-electron chi connectivity index (χ4n) is 1.81. The van der Waals surface area contributed by atoms with Gasteiger partial charge in [0.2, 0.25) is 5.88 Å². The third-order valence-corrected chi connectivity index (χ3v) is 2.64. The Morgan fingerprint density at radius 2 is 1.39 bits per heavy atom. The van der Waals surface area contributed by atoms with Gasteiger partial charge < -0.3 is 10.3 Å². The van der Waals surface area contributed by atoms with Gasteiger partial charge in [-0.2, -0.15) is 0 Å². The van der Waals surface area contributed by atoms with Gasteiger partial charge in [-0.05, 0) is 29.8 Å². The second kappa shape index (κ2) is 4.29. The monoisotopic (exact) mass is 238 g/mol. The van der Waals surface area contributed by atoms with Crippen molar-refractivity contribution in [3.05, 3.63) is 49.1 Å². The Bertz CT molecular complexity index is 649. The van der Waals surface area contributed by atoms with E-state index < -0.39 is 0 Å². The van der Waals surface area contributed by atoms with Crippen molar-refractivity contribution < 1.29 is 4.52 Å². The summed E-state index contributed by atoms with van der Waals surface area (Å²) >= 11 is 0. The molecule has 5 heteroatoms. The molecule has 0 amide bonds. The van der Waals surface area contributed by atoms with E-state index in [0.29, 0.717) is 11.6 Å². The predicted octanol–water partition coefficient (Wildman–Crippen LogP) is 2.38. The number of aromatic nitrogens is 3. The summed E-state index contributed by atoms with van der Waals surface area (Å²) in [5.74, 6) is 0.299. The SMILES string of the molecule is Nc1onc(-c2ccncc2)c1-c1ccncc1. The van der Waals surface area contributed by atoms with Crippen molar-refractivity contribution >= 4 is 5.88 Å². The first-order chi connectivity index (χ1) is 8.86. The van der Waals surface area contributed by atoms with Crippen LogP contribution in [0.25, 0.3) is 22.4 Å². The Morgan fingerprint density at radius 1 is 0.833 bits per heavy atom. The number of nitrogens with zero attached hydrogens (tertiary/aromatic N) is 3. The first kappa shape index (κ1) is 10.5. The van der Waals surface area contributed by atoms with Crippen molar-refractivity contribution in [3.8, 4) is 22.4 Å². The highest BCUT2D eigenvalue weighted by atomic mass is 16.5. The molecule has 0 aliphatic rings. The molecule has 3 aromatic heterocycles. The number of nitrogen functional groups attached to an aromatic ring is 1. The topological polar surface area (TPSA) is 77.8 Å². The van der Waals surface area contributed by atoms with Gasteiger partial charge in [0.1, 0.15) is 5.69 Å².